The van der Waals surface area contributed by atoms with Gasteiger partial charge >= 0.3 is 0 Å². The number of hydrogen-bond acceptors (Lipinski definition) is 4. The molecule has 2 rings (SSSR count). The lowest BCUT2D eigenvalue weighted by Gasteiger charge is -2.28. The van der Waals surface area contributed by atoms with Crippen molar-refractivity contribution in [3.8, 4) is 0 Å². The van der Waals surface area contributed by atoms with Gasteiger partial charge in [-0.25, -0.2) is 16.8 Å². The molecule has 0 aromatic heterocycles. The second-order valence-electron chi connectivity index (χ2n) is 5.84. The normalized spacial score (nSPS) is 22.0. The van der Waals surface area contributed by atoms with E-state index in [0.717, 1.165) is 0 Å². The first-order chi connectivity index (χ1) is 9.72. The van der Waals surface area contributed by atoms with Crippen LogP contribution >= 0.6 is 0 Å². The maximum Gasteiger partial charge on any atom is 0.243 e. The molecule has 1 aromatic rings. The van der Waals surface area contributed by atoms with E-state index in [1.165, 1.54) is 4.31 Å². The molecule has 0 radical (unpaired) electrons. The Balaban J connectivity index is 2.37. The van der Waals surface area contributed by atoms with Gasteiger partial charge < -0.3 is 0 Å². The van der Waals surface area contributed by atoms with Gasteiger partial charge in [-0.1, -0.05) is 32.0 Å². The largest absolute Gasteiger partial charge is 0.243 e. The van der Waals surface area contributed by atoms with E-state index in [2.05, 4.69) is 0 Å². The first-order valence-corrected chi connectivity index (χ1v) is 10.3. The van der Waals surface area contributed by atoms with Crippen molar-refractivity contribution in [1.82, 2.24) is 4.31 Å². The highest BCUT2D eigenvalue weighted by Gasteiger charge is 2.38. The average Bonchev–Trinajstić information content (AvgIpc) is 2.76. The number of sulfonamides is 1. The molecule has 0 bridgehead atoms. The highest BCUT2D eigenvalue weighted by atomic mass is 32.2. The number of sulfone groups is 1. The van der Waals surface area contributed by atoms with E-state index in [1.807, 2.05) is 13.8 Å². The molecule has 0 unspecified atom stereocenters. The number of hydrogen-bond donors (Lipinski definition) is 0. The molecule has 1 aromatic carbocycles. The maximum absolute atomic E-state index is 12.8. The first-order valence-electron chi connectivity index (χ1n) is 7.00. The van der Waals surface area contributed by atoms with Gasteiger partial charge in [0, 0.05) is 12.6 Å². The molecule has 0 N–H and O–H groups in total. The summed E-state index contributed by atoms with van der Waals surface area (Å²) in [5, 5.41) is 0. The van der Waals surface area contributed by atoms with E-state index in [9.17, 15) is 16.8 Å². The van der Waals surface area contributed by atoms with Gasteiger partial charge in [0.2, 0.25) is 10.0 Å². The van der Waals surface area contributed by atoms with Crippen LogP contribution in [0.4, 0.5) is 0 Å². The summed E-state index contributed by atoms with van der Waals surface area (Å²) in [5.41, 5.74) is 0. The second-order valence-corrected chi connectivity index (χ2v) is 9.96. The molecule has 1 fully saturated rings. The van der Waals surface area contributed by atoms with Crippen LogP contribution in [-0.2, 0) is 19.9 Å². The van der Waals surface area contributed by atoms with Crippen molar-refractivity contribution in [1.29, 1.82) is 0 Å². The topological polar surface area (TPSA) is 71.5 Å². The molecule has 1 atom stereocenters. The Morgan fingerprint density at radius 2 is 1.86 bits per heavy atom. The van der Waals surface area contributed by atoms with Crippen molar-refractivity contribution >= 4 is 19.9 Å². The predicted octanol–water partition coefficient (Wildman–Crippen LogP) is 1.52. The molecule has 1 heterocycles. The zero-order valence-corrected chi connectivity index (χ0v) is 13.9. The SMILES string of the molecule is CC(C)CN([C@H]1CCS(=O)(=O)C1)S(=O)(=O)c1ccccc1. The number of rotatable bonds is 5. The van der Waals surface area contributed by atoms with Gasteiger partial charge in [-0.15, -0.1) is 0 Å². The molecule has 0 amide bonds. The Morgan fingerprint density at radius 1 is 1.24 bits per heavy atom. The summed E-state index contributed by atoms with van der Waals surface area (Å²) < 4.78 is 50.3. The van der Waals surface area contributed by atoms with Crippen LogP contribution in [0.5, 0.6) is 0 Å². The quantitative estimate of drug-likeness (QED) is 0.820. The van der Waals surface area contributed by atoms with Crippen LogP contribution in [0.25, 0.3) is 0 Å². The van der Waals surface area contributed by atoms with E-state index < -0.39 is 25.9 Å². The number of benzene rings is 1. The Hall–Kier alpha value is -0.920. The Kier molecular flexibility index (Phi) is 4.75. The van der Waals surface area contributed by atoms with Crippen LogP contribution in [-0.4, -0.2) is 45.2 Å². The molecule has 0 aliphatic carbocycles. The van der Waals surface area contributed by atoms with Crippen LogP contribution in [0, 0.1) is 5.92 Å². The van der Waals surface area contributed by atoms with Crippen LogP contribution < -0.4 is 0 Å². The van der Waals surface area contributed by atoms with Gasteiger partial charge in [0.05, 0.1) is 16.4 Å². The Labute approximate surface area is 126 Å². The smallest absolute Gasteiger partial charge is 0.229 e. The molecule has 5 nitrogen and oxygen atoms in total. The summed E-state index contributed by atoms with van der Waals surface area (Å²) >= 11 is 0. The molecular weight excluding hydrogens is 310 g/mol. The molecule has 118 valence electrons. The Morgan fingerprint density at radius 3 is 2.33 bits per heavy atom. The average molecular weight is 331 g/mol. The van der Waals surface area contributed by atoms with E-state index >= 15 is 0 Å². The summed E-state index contributed by atoms with van der Waals surface area (Å²) in [6.45, 7) is 4.19. The molecule has 21 heavy (non-hydrogen) atoms. The highest BCUT2D eigenvalue weighted by molar-refractivity contribution is 7.92. The van der Waals surface area contributed by atoms with E-state index in [0.29, 0.717) is 13.0 Å². The lowest BCUT2D eigenvalue weighted by Crippen LogP contribution is -2.43. The van der Waals surface area contributed by atoms with Crippen LogP contribution in [0.2, 0.25) is 0 Å². The van der Waals surface area contributed by atoms with Crippen molar-refractivity contribution in [2.24, 2.45) is 5.92 Å². The van der Waals surface area contributed by atoms with Gasteiger partial charge in [-0.3, -0.25) is 0 Å². The Bertz CT molecular complexity index is 681. The monoisotopic (exact) mass is 331 g/mol. The summed E-state index contributed by atoms with van der Waals surface area (Å²) in [5.74, 6) is 0.120. The summed E-state index contributed by atoms with van der Waals surface area (Å²) in [6, 6.07) is 7.74. The zero-order valence-electron chi connectivity index (χ0n) is 12.3. The van der Waals surface area contributed by atoms with Crippen molar-refractivity contribution in [3.05, 3.63) is 30.3 Å². The molecule has 7 heteroatoms. The molecule has 0 saturated carbocycles. The minimum absolute atomic E-state index is 0.0660. The van der Waals surface area contributed by atoms with E-state index in [1.54, 1.807) is 30.3 Å². The second kappa shape index (κ2) is 6.06. The lowest BCUT2D eigenvalue weighted by atomic mass is 10.2. The van der Waals surface area contributed by atoms with Gasteiger partial charge in [0.15, 0.2) is 9.84 Å². The van der Waals surface area contributed by atoms with Gasteiger partial charge in [-0.2, -0.15) is 4.31 Å². The van der Waals surface area contributed by atoms with Crippen LogP contribution in [0.1, 0.15) is 20.3 Å². The fraction of sp³-hybridized carbons (Fsp3) is 0.571. The molecular formula is C14H21NO4S2. The van der Waals surface area contributed by atoms with Crippen LogP contribution in [0.3, 0.4) is 0 Å². The highest BCUT2D eigenvalue weighted by Crippen LogP contribution is 2.25. The van der Waals surface area contributed by atoms with Crippen LogP contribution in [0.15, 0.2) is 35.2 Å². The standard InChI is InChI=1S/C14H21NO4S2/c1-12(2)10-15(13-8-9-20(16,17)11-13)21(18,19)14-6-4-3-5-7-14/h3-7,12-13H,8-11H2,1-2H3/t13-/m0/s1. The molecule has 1 aliphatic rings. The summed E-state index contributed by atoms with van der Waals surface area (Å²) in [4.78, 5) is 0.218. The third-order valence-corrected chi connectivity index (χ3v) is 7.19. The van der Waals surface area contributed by atoms with Gasteiger partial charge in [0.25, 0.3) is 0 Å². The molecule has 0 spiro atoms. The zero-order chi connectivity index (χ0) is 15.7. The molecule has 1 aliphatic heterocycles. The summed E-state index contributed by atoms with van der Waals surface area (Å²) in [6.07, 6.45) is 0.376. The van der Waals surface area contributed by atoms with Crippen molar-refractivity contribution < 1.29 is 16.8 Å². The van der Waals surface area contributed by atoms with Gasteiger partial charge in [0.1, 0.15) is 0 Å². The number of nitrogens with zero attached hydrogens (tertiary/aromatic N) is 1. The predicted molar refractivity (Wildman–Crippen MR) is 82.2 cm³/mol. The molecule has 1 saturated heterocycles. The van der Waals surface area contributed by atoms with E-state index in [4.69, 9.17) is 0 Å². The maximum atomic E-state index is 12.8. The first kappa shape index (κ1) is 16.5. The van der Waals surface area contributed by atoms with E-state index in [-0.39, 0.29) is 22.3 Å². The van der Waals surface area contributed by atoms with Crippen molar-refractivity contribution in [2.45, 2.75) is 31.2 Å². The van der Waals surface area contributed by atoms with Crippen molar-refractivity contribution in [2.75, 3.05) is 18.1 Å². The lowest BCUT2D eigenvalue weighted by molar-refractivity contribution is 0.308. The fourth-order valence-electron chi connectivity index (χ4n) is 2.53. The van der Waals surface area contributed by atoms with Crippen molar-refractivity contribution in [3.63, 3.8) is 0 Å². The summed E-state index contributed by atoms with van der Waals surface area (Å²) in [7, 11) is -6.79. The third kappa shape index (κ3) is 3.84. The third-order valence-electron chi connectivity index (χ3n) is 3.51. The minimum atomic E-state index is -3.66. The van der Waals surface area contributed by atoms with Gasteiger partial charge in [-0.05, 0) is 24.5 Å². The fourth-order valence-corrected chi connectivity index (χ4v) is 6.20. The minimum Gasteiger partial charge on any atom is -0.229 e.